The first kappa shape index (κ1) is 12.2. The van der Waals surface area contributed by atoms with Crippen molar-refractivity contribution in [3.8, 4) is 5.75 Å². The first-order chi connectivity index (χ1) is 9.29. The van der Waals surface area contributed by atoms with Gasteiger partial charge in [0.1, 0.15) is 11.9 Å². The molecule has 0 fully saturated rings. The second-order valence-corrected chi connectivity index (χ2v) is 4.90. The maximum atomic E-state index is 10.5. The summed E-state index contributed by atoms with van der Waals surface area (Å²) in [6.45, 7) is 3.34. The van der Waals surface area contributed by atoms with Crippen LogP contribution < -0.4 is 4.74 Å². The van der Waals surface area contributed by atoms with E-state index in [9.17, 15) is 5.11 Å². The second-order valence-electron chi connectivity index (χ2n) is 4.90. The van der Waals surface area contributed by atoms with Gasteiger partial charge in [0.05, 0.1) is 12.3 Å². The van der Waals surface area contributed by atoms with Crippen LogP contribution in [0.2, 0.25) is 0 Å². The van der Waals surface area contributed by atoms with Crippen LogP contribution in [0.1, 0.15) is 24.3 Å². The molecule has 2 heterocycles. The molecule has 2 aromatic rings. The smallest absolute Gasteiger partial charge is 0.122 e. The zero-order valence-corrected chi connectivity index (χ0v) is 11.0. The summed E-state index contributed by atoms with van der Waals surface area (Å²) in [5.41, 5.74) is 2.04. The zero-order valence-electron chi connectivity index (χ0n) is 11.0. The van der Waals surface area contributed by atoms with Crippen molar-refractivity contribution in [2.24, 2.45) is 5.92 Å². The molecule has 0 saturated carbocycles. The van der Waals surface area contributed by atoms with Gasteiger partial charge in [0.25, 0.3) is 0 Å². The summed E-state index contributed by atoms with van der Waals surface area (Å²) < 4.78 is 7.58. The van der Waals surface area contributed by atoms with E-state index in [1.807, 2.05) is 35.9 Å². The number of hydrogen-bond donors (Lipinski definition) is 1. The van der Waals surface area contributed by atoms with Crippen LogP contribution in [-0.4, -0.2) is 21.5 Å². The van der Waals surface area contributed by atoms with Gasteiger partial charge in [0, 0.05) is 18.7 Å². The van der Waals surface area contributed by atoms with E-state index in [0.29, 0.717) is 6.61 Å². The summed E-state index contributed by atoms with van der Waals surface area (Å²) >= 11 is 0. The summed E-state index contributed by atoms with van der Waals surface area (Å²) in [5.74, 6) is 1.02. The lowest BCUT2D eigenvalue weighted by Crippen LogP contribution is -2.28. The van der Waals surface area contributed by atoms with Crippen molar-refractivity contribution in [3.05, 3.63) is 47.8 Å². The average molecular weight is 258 g/mol. The van der Waals surface area contributed by atoms with Crippen molar-refractivity contribution in [1.82, 2.24) is 9.78 Å². The fourth-order valence-corrected chi connectivity index (χ4v) is 2.65. The molecule has 4 nitrogen and oxygen atoms in total. The van der Waals surface area contributed by atoms with Gasteiger partial charge >= 0.3 is 0 Å². The van der Waals surface area contributed by atoms with Gasteiger partial charge in [-0.05, 0) is 31.0 Å². The number of para-hydroxylation sites is 1. The number of aromatic nitrogens is 2. The van der Waals surface area contributed by atoms with Crippen LogP contribution in [0.5, 0.6) is 5.75 Å². The van der Waals surface area contributed by atoms with Crippen molar-refractivity contribution >= 4 is 0 Å². The Hall–Kier alpha value is -1.81. The summed E-state index contributed by atoms with van der Waals surface area (Å²) in [5, 5.41) is 14.7. The number of ether oxygens (including phenoxy) is 1. The Bertz CT molecular complexity index is 565. The van der Waals surface area contributed by atoms with Gasteiger partial charge in [0.15, 0.2) is 0 Å². The molecule has 0 bridgehead atoms. The van der Waals surface area contributed by atoms with Crippen LogP contribution in [0.25, 0.3) is 0 Å². The summed E-state index contributed by atoms with van der Waals surface area (Å²) in [6, 6.07) is 9.91. The highest BCUT2D eigenvalue weighted by Crippen LogP contribution is 2.33. The maximum Gasteiger partial charge on any atom is 0.122 e. The van der Waals surface area contributed by atoms with E-state index in [1.54, 1.807) is 6.20 Å². The molecule has 0 aliphatic carbocycles. The molecule has 3 rings (SSSR count). The Morgan fingerprint density at radius 1 is 1.42 bits per heavy atom. The van der Waals surface area contributed by atoms with Crippen molar-refractivity contribution in [2.45, 2.75) is 26.0 Å². The van der Waals surface area contributed by atoms with E-state index in [4.69, 9.17) is 4.74 Å². The van der Waals surface area contributed by atoms with E-state index in [2.05, 4.69) is 11.2 Å². The van der Waals surface area contributed by atoms with Gasteiger partial charge in [-0.15, -0.1) is 0 Å². The molecule has 2 atom stereocenters. The average Bonchev–Trinajstić information content (AvgIpc) is 2.94. The van der Waals surface area contributed by atoms with E-state index in [-0.39, 0.29) is 5.92 Å². The van der Waals surface area contributed by atoms with Crippen LogP contribution in [0.15, 0.2) is 36.5 Å². The monoisotopic (exact) mass is 258 g/mol. The SMILES string of the molecule is CCn1nccc1C(O)C1COc2ccccc2C1. The van der Waals surface area contributed by atoms with E-state index in [1.165, 1.54) is 5.56 Å². The highest BCUT2D eigenvalue weighted by atomic mass is 16.5. The minimum atomic E-state index is -0.532. The van der Waals surface area contributed by atoms with Crippen LogP contribution >= 0.6 is 0 Å². The molecule has 0 amide bonds. The molecule has 2 unspecified atom stereocenters. The molecular formula is C15H18N2O2. The van der Waals surface area contributed by atoms with Gasteiger partial charge in [-0.1, -0.05) is 18.2 Å². The van der Waals surface area contributed by atoms with Gasteiger partial charge in [-0.3, -0.25) is 4.68 Å². The summed E-state index contributed by atoms with van der Waals surface area (Å²) in [4.78, 5) is 0. The first-order valence-electron chi connectivity index (χ1n) is 6.70. The molecule has 0 spiro atoms. The molecule has 1 N–H and O–H groups in total. The Kier molecular flexibility index (Phi) is 3.25. The largest absolute Gasteiger partial charge is 0.493 e. The number of fused-ring (bicyclic) bond motifs is 1. The van der Waals surface area contributed by atoms with Crippen LogP contribution in [0.3, 0.4) is 0 Å². The molecule has 4 heteroatoms. The summed E-state index contributed by atoms with van der Waals surface area (Å²) in [6.07, 6.45) is 2.04. The quantitative estimate of drug-likeness (QED) is 0.918. The molecule has 1 aromatic heterocycles. The summed E-state index contributed by atoms with van der Waals surface area (Å²) in [7, 11) is 0. The molecule has 1 aliphatic heterocycles. The minimum Gasteiger partial charge on any atom is -0.493 e. The molecule has 1 aliphatic rings. The fourth-order valence-electron chi connectivity index (χ4n) is 2.65. The number of nitrogens with zero attached hydrogens (tertiary/aromatic N) is 2. The number of aliphatic hydroxyl groups excluding tert-OH is 1. The Morgan fingerprint density at radius 2 is 2.26 bits per heavy atom. The molecule has 1 aromatic carbocycles. The molecular weight excluding hydrogens is 240 g/mol. The normalized spacial score (nSPS) is 19.6. The Morgan fingerprint density at radius 3 is 3.11 bits per heavy atom. The molecule has 0 radical (unpaired) electrons. The molecule has 100 valence electrons. The number of aliphatic hydroxyl groups is 1. The Balaban J connectivity index is 1.81. The third-order valence-corrected chi connectivity index (χ3v) is 3.71. The molecule has 19 heavy (non-hydrogen) atoms. The third-order valence-electron chi connectivity index (χ3n) is 3.71. The van der Waals surface area contributed by atoms with Crippen LogP contribution in [0, 0.1) is 5.92 Å². The van der Waals surface area contributed by atoms with E-state index in [0.717, 1.165) is 24.4 Å². The predicted molar refractivity (Wildman–Crippen MR) is 72.0 cm³/mol. The third kappa shape index (κ3) is 2.24. The first-order valence-corrected chi connectivity index (χ1v) is 6.70. The Labute approximate surface area is 112 Å². The standard InChI is InChI=1S/C15H18N2O2/c1-2-17-13(7-8-16-17)15(18)12-9-11-5-3-4-6-14(11)19-10-12/h3-8,12,15,18H,2,9-10H2,1H3. The van der Waals surface area contributed by atoms with Crippen molar-refractivity contribution in [2.75, 3.05) is 6.61 Å². The highest BCUT2D eigenvalue weighted by molar-refractivity contribution is 5.35. The predicted octanol–water partition coefficient (Wildman–Crippen LogP) is 2.19. The van der Waals surface area contributed by atoms with E-state index >= 15 is 0 Å². The molecule has 0 saturated heterocycles. The number of hydrogen-bond acceptors (Lipinski definition) is 3. The highest BCUT2D eigenvalue weighted by Gasteiger charge is 2.28. The van der Waals surface area contributed by atoms with Crippen LogP contribution in [-0.2, 0) is 13.0 Å². The number of benzene rings is 1. The fraction of sp³-hybridized carbons (Fsp3) is 0.400. The van der Waals surface area contributed by atoms with Gasteiger partial charge in [0.2, 0.25) is 0 Å². The number of aryl methyl sites for hydroxylation is 1. The van der Waals surface area contributed by atoms with E-state index < -0.39 is 6.10 Å². The van der Waals surface area contributed by atoms with Crippen LogP contribution in [0.4, 0.5) is 0 Å². The lowest BCUT2D eigenvalue weighted by Gasteiger charge is -2.29. The lowest BCUT2D eigenvalue weighted by atomic mass is 9.90. The number of rotatable bonds is 3. The minimum absolute atomic E-state index is 0.0805. The maximum absolute atomic E-state index is 10.5. The topological polar surface area (TPSA) is 47.3 Å². The van der Waals surface area contributed by atoms with Crippen molar-refractivity contribution in [1.29, 1.82) is 0 Å². The van der Waals surface area contributed by atoms with Gasteiger partial charge in [-0.25, -0.2) is 0 Å². The lowest BCUT2D eigenvalue weighted by molar-refractivity contribution is 0.0580. The second kappa shape index (κ2) is 5.05. The zero-order chi connectivity index (χ0) is 13.2. The van der Waals surface area contributed by atoms with Crippen molar-refractivity contribution in [3.63, 3.8) is 0 Å². The van der Waals surface area contributed by atoms with Crippen molar-refractivity contribution < 1.29 is 9.84 Å². The van der Waals surface area contributed by atoms with Gasteiger partial charge in [-0.2, -0.15) is 5.10 Å². The van der Waals surface area contributed by atoms with Gasteiger partial charge < -0.3 is 9.84 Å².